The number of imidazole rings is 1. The lowest BCUT2D eigenvalue weighted by Gasteiger charge is -2.27. The van der Waals surface area contributed by atoms with Crippen LogP contribution >= 0.6 is 0 Å². The van der Waals surface area contributed by atoms with Gasteiger partial charge in [0.25, 0.3) is 0 Å². The predicted octanol–water partition coefficient (Wildman–Crippen LogP) is 7.35. The van der Waals surface area contributed by atoms with Gasteiger partial charge in [0.15, 0.2) is 0 Å². The number of nitrogens with one attached hydrogen (secondary N) is 4. The quantitative estimate of drug-likeness (QED) is 0.0741. The predicted molar refractivity (Wildman–Crippen MR) is 231 cm³/mol. The topological polar surface area (TPSA) is 180 Å². The number of fused-ring (bicyclic) bond motifs is 4. The first-order valence-corrected chi connectivity index (χ1v) is 20.0. The number of carbonyl (C=O) groups is 4. The number of methoxy groups -OCH3 is 2. The van der Waals surface area contributed by atoms with Crippen molar-refractivity contribution in [3.8, 4) is 28.1 Å². The van der Waals surface area contributed by atoms with Crippen LogP contribution in [0.3, 0.4) is 0 Å². The molecule has 0 bridgehead atoms. The van der Waals surface area contributed by atoms with E-state index in [-0.39, 0.29) is 37.5 Å². The first-order chi connectivity index (χ1) is 29.1. The average molecular weight is 817 g/mol. The van der Waals surface area contributed by atoms with Crippen LogP contribution in [0.1, 0.15) is 56.6 Å². The smallest absolute Gasteiger partial charge is 0.407 e. The van der Waals surface area contributed by atoms with Gasteiger partial charge in [-0.1, -0.05) is 62.4 Å². The normalized spacial score (nSPS) is 12.7. The van der Waals surface area contributed by atoms with Crippen LogP contribution in [0.5, 0.6) is 5.75 Å². The molecular formula is C45H52N8O7. The summed E-state index contributed by atoms with van der Waals surface area (Å²) in [5.41, 5.74) is 6.99. The Bertz CT molecular complexity index is 2360. The van der Waals surface area contributed by atoms with Gasteiger partial charge in [0, 0.05) is 36.8 Å². The summed E-state index contributed by atoms with van der Waals surface area (Å²) in [5, 5.41) is 10.4. The van der Waals surface area contributed by atoms with E-state index in [0.717, 1.165) is 56.6 Å². The number of rotatable bonds is 16. The lowest BCUT2D eigenvalue weighted by Crippen LogP contribution is -2.45. The number of alkyl carbamates (subject to hydrolysis) is 2. The van der Waals surface area contributed by atoms with E-state index in [4.69, 9.17) is 14.5 Å². The highest BCUT2D eigenvalue weighted by atomic mass is 16.5. The minimum absolute atomic E-state index is 0.0556. The third-order valence-electron chi connectivity index (χ3n) is 10.6. The second-order valence-electron chi connectivity index (χ2n) is 14.4. The van der Waals surface area contributed by atoms with Gasteiger partial charge < -0.3 is 44.9 Å². The summed E-state index contributed by atoms with van der Waals surface area (Å²) in [6.45, 7) is 7.11. The van der Waals surface area contributed by atoms with Gasteiger partial charge in [-0.15, -0.1) is 0 Å². The minimum Gasteiger partial charge on any atom is -0.488 e. The molecule has 0 saturated carbocycles. The summed E-state index contributed by atoms with van der Waals surface area (Å²) in [7, 11) is 4.37. The molecule has 2 heterocycles. The molecule has 314 valence electrons. The first-order valence-electron chi connectivity index (χ1n) is 20.0. The fourth-order valence-electron chi connectivity index (χ4n) is 7.24. The third kappa shape index (κ3) is 9.68. The molecule has 1 aliphatic rings. The van der Waals surface area contributed by atoms with Gasteiger partial charge in [0.05, 0.1) is 50.6 Å². The summed E-state index contributed by atoms with van der Waals surface area (Å²) in [6.07, 6.45) is 3.58. The molecule has 0 fully saturated rings. The van der Waals surface area contributed by atoms with E-state index >= 15 is 0 Å². The van der Waals surface area contributed by atoms with Crippen molar-refractivity contribution < 1.29 is 33.4 Å². The molecule has 0 radical (unpaired) electrons. The number of carbonyl (C=O) groups excluding carboxylic acids is 4. The molecule has 0 saturated heterocycles. The van der Waals surface area contributed by atoms with Crippen molar-refractivity contribution in [2.24, 2.45) is 4.99 Å². The molecule has 0 spiro atoms. The largest absolute Gasteiger partial charge is 0.488 e. The van der Waals surface area contributed by atoms with E-state index in [1.54, 1.807) is 34.3 Å². The van der Waals surface area contributed by atoms with E-state index < -0.39 is 18.2 Å². The standard InChI is InChI=1S/C45H52N8O7/c1-7-19-52(43(55)41(51-45(57)59-6)29-12-10-9-11-13-29)26-39-48-24-37(50-39)31-14-16-33-32(21-31)27-60-38-23-34-30(22-35(33)38)15-17-36(42(34)46-4)47-18-20-53(28(3)8-2)40(54)25-49-44(56)58-5/h9-18,21-24,28,41,46H,7-8,19-20,25-27H2,1-6H3,(H,48,50)(H,49,56)(H,51,57)/t28-,41?/m0/s1. The molecule has 15 heteroatoms. The minimum atomic E-state index is -0.917. The van der Waals surface area contributed by atoms with Crippen LogP contribution in [0, 0.1) is 0 Å². The fraction of sp³-hybridized carbons (Fsp3) is 0.333. The number of benzene rings is 4. The van der Waals surface area contributed by atoms with Crippen molar-refractivity contribution in [1.29, 1.82) is 0 Å². The number of ether oxygens (including phenoxy) is 3. The Kier molecular flexibility index (Phi) is 14.0. The fourth-order valence-corrected chi connectivity index (χ4v) is 7.24. The SMILES string of the molecule is CCCN(Cc1ncc(-c2ccc3c(c2)COc2cc4c(NC)c(N=CCN(C(=O)CNC(=O)OC)[C@@H](C)CC)ccc4cc2-3)[nH]1)C(=O)C(NC(=O)OC)c1ccccc1. The summed E-state index contributed by atoms with van der Waals surface area (Å²) < 4.78 is 15.8. The lowest BCUT2D eigenvalue weighted by atomic mass is 9.92. The maximum Gasteiger partial charge on any atom is 0.407 e. The zero-order valence-electron chi connectivity index (χ0n) is 34.8. The maximum atomic E-state index is 13.9. The molecule has 4 amide bonds. The van der Waals surface area contributed by atoms with Gasteiger partial charge in [-0.25, -0.2) is 14.6 Å². The molecule has 5 aromatic rings. The molecule has 1 unspecified atom stereocenters. The van der Waals surface area contributed by atoms with Gasteiger partial charge in [0.1, 0.15) is 30.8 Å². The average Bonchev–Trinajstić information content (AvgIpc) is 3.75. The number of aromatic nitrogens is 2. The highest BCUT2D eigenvalue weighted by Gasteiger charge is 2.29. The number of nitrogens with zero attached hydrogens (tertiary/aromatic N) is 4. The second-order valence-corrected chi connectivity index (χ2v) is 14.4. The Morgan fingerprint density at radius 2 is 1.77 bits per heavy atom. The van der Waals surface area contributed by atoms with Gasteiger partial charge >= 0.3 is 12.2 Å². The number of anilines is 1. The molecule has 1 aromatic heterocycles. The van der Waals surface area contributed by atoms with E-state index in [1.807, 2.05) is 70.3 Å². The molecule has 0 aliphatic carbocycles. The van der Waals surface area contributed by atoms with Crippen LogP contribution in [0.4, 0.5) is 21.0 Å². The van der Waals surface area contributed by atoms with Gasteiger partial charge in [-0.2, -0.15) is 0 Å². The second kappa shape index (κ2) is 19.7. The van der Waals surface area contributed by atoms with Crippen LogP contribution < -0.4 is 20.7 Å². The van der Waals surface area contributed by atoms with Crippen molar-refractivity contribution in [1.82, 2.24) is 30.4 Å². The van der Waals surface area contributed by atoms with Crippen LogP contribution in [0.15, 0.2) is 84.0 Å². The molecule has 2 atom stereocenters. The van der Waals surface area contributed by atoms with E-state index in [2.05, 4.69) is 48.9 Å². The van der Waals surface area contributed by atoms with Crippen molar-refractivity contribution in [3.63, 3.8) is 0 Å². The highest BCUT2D eigenvalue weighted by molar-refractivity contribution is 6.03. The number of aliphatic imine (C=N–C) groups is 1. The van der Waals surface area contributed by atoms with Crippen molar-refractivity contribution >= 4 is 52.4 Å². The zero-order valence-corrected chi connectivity index (χ0v) is 34.8. The van der Waals surface area contributed by atoms with E-state index in [0.29, 0.717) is 36.6 Å². The van der Waals surface area contributed by atoms with Crippen LogP contribution in [0.2, 0.25) is 0 Å². The summed E-state index contributed by atoms with van der Waals surface area (Å²) in [5.74, 6) is 0.873. The Labute approximate surface area is 349 Å². The van der Waals surface area contributed by atoms with Crippen LogP contribution in [0.25, 0.3) is 33.2 Å². The molecule has 4 aromatic carbocycles. The number of amides is 4. The van der Waals surface area contributed by atoms with Gasteiger partial charge in [0.2, 0.25) is 11.8 Å². The Hall–Kier alpha value is -6.90. The van der Waals surface area contributed by atoms with E-state index in [1.165, 1.54) is 14.2 Å². The number of H-pyrrole nitrogens is 1. The Morgan fingerprint density at radius 3 is 2.48 bits per heavy atom. The molecule has 15 nitrogen and oxygen atoms in total. The van der Waals surface area contributed by atoms with Crippen molar-refractivity contribution in [2.45, 2.75) is 58.8 Å². The highest BCUT2D eigenvalue weighted by Crippen LogP contribution is 2.44. The molecule has 6 rings (SSSR count). The summed E-state index contributed by atoms with van der Waals surface area (Å²) in [4.78, 5) is 66.7. The number of hydrogen-bond donors (Lipinski definition) is 4. The lowest BCUT2D eigenvalue weighted by molar-refractivity contribution is -0.134. The summed E-state index contributed by atoms with van der Waals surface area (Å²) >= 11 is 0. The van der Waals surface area contributed by atoms with Gasteiger partial charge in [-0.3, -0.25) is 14.6 Å². The summed E-state index contributed by atoms with van der Waals surface area (Å²) in [6, 6.07) is 22.5. The first kappa shape index (κ1) is 42.7. The van der Waals surface area contributed by atoms with E-state index in [9.17, 15) is 19.2 Å². The third-order valence-corrected chi connectivity index (χ3v) is 10.6. The molecular weight excluding hydrogens is 765 g/mol. The number of aromatic amines is 1. The van der Waals surface area contributed by atoms with Crippen LogP contribution in [-0.4, -0.2) is 96.9 Å². The molecule has 60 heavy (non-hydrogen) atoms. The Balaban J connectivity index is 1.19. The Morgan fingerprint density at radius 1 is 0.983 bits per heavy atom. The van der Waals surface area contributed by atoms with Crippen molar-refractivity contribution in [3.05, 3.63) is 95.9 Å². The molecule has 1 aliphatic heterocycles. The maximum absolute atomic E-state index is 13.9. The zero-order chi connectivity index (χ0) is 42.8. The monoisotopic (exact) mass is 816 g/mol. The number of hydrogen-bond acceptors (Lipinski definition) is 10. The molecule has 4 N–H and O–H groups in total. The van der Waals surface area contributed by atoms with Crippen LogP contribution in [-0.2, 0) is 32.2 Å². The van der Waals surface area contributed by atoms with Crippen molar-refractivity contribution in [2.75, 3.05) is 46.2 Å². The van der Waals surface area contributed by atoms with Gasteiger partial charge in [-0.05, 0) is 71.7 Å².